The lowest BCUT2D eigenvalue weighted by Gasteiger charge is -2.48. The third-order valence-corrected chi connectivity index (χ3v) is 4.52. The van der Waals surface area contributed by atoms with Gasteiger partial charge in [0.1, 0.15) is 12.1 Å². The van der Waals surface area contributed by atoms with Gasteiger partial charge in [-0.1, -0.05) is 0 Å². The molecule has 0 bridgehead atoms. The van der Waals surface area contributed by atoms with Gasteiger partial charge in [0, 0.05) is 33.2 Å². The van der Waals surface area contributed by atoms with Gasteiger partial charge in [0.25, 0.3) is 0 Å². The summed E-state index contributed by atoms with van der Waals surface area (Å²) in [5.74, 6) is 0.642. The average Bonchev–Trinajstić information content (AvgIpc) is 3.21. The molecule has 3 aliphatic rings. The topological polar surface area (TPSA) is 64.1 Å². The number of nitrogens with zero attached hydrogens (tertiary/aromatic N) is 3. The van der Waals surface area contributed by atoms with Crippen LogP contribution in [0, 0.1) is 5.92 Å². The highest BCUT2D eigenvalue weighted by atomic mass is 16.3. The molecule has 0 radical (unpaired) electrons. The Kier molecular flexibility index (Phi) is 3.22. The number of carbonyl (C=O) groups excluding carboxylic acids is 2. The number of rotatable bonds is 3. The molecule has 2 saturated heterocycles. The summed E-state index contributed by atoms with van der Waals surface area (Å²) >= 11 is 0. The second kappa shape index (κ2) is 4.76. The highest BCUT2D eigenvalue weighted by Gasteiger charge is 2.46. The van der Waals surface area contributed by atoms with E-state index in [9.17, 15) is 14.7 Å². The molecule has 6 nitrogen and oxygen atoms in total. The molecular weight excluding hydrogens is 246 g/mol. The predicted octanol–water partition coefficient (Wildman–Crippen LogP) is -1.26. The second-order valence-electron chi connectivity index (χ2n) is 5.90. The van der Waals surface area contributed by atoms with Gasteiger partial charge in [0.15, 0.2) is 0 Å². The maximum absolute atomic E-state index is 12.3. The Labute approximate surface area is 112 Å². The highest BCUT2D eigenvalue weighted by Crippen LogP contribution is 2.31. The van der Waals surface area contributed by atoms with E-state index in [-0.39, 0.29) is 24.5 Å². The quantitative estimate of drug-likeness (QED) is 0.693. The summed E-state index contributed by atoms with van der Waals surface area (Å²) in [6.07, 6.45) is 2.59. The van der Waals surface area contributed by atoms with Gasteiger partial charge < -0.3 is 14.9 Å². The molecule has 19 heavy (non-hydrogen) atoms. The molecule has 106 valence electrons. The lowest BCUT2D eigenvalue weighted by molar-refractivity contribution is -0.165. The van der Waals surface area contributed by atoms with Crippen LogP contribution < -0.4 is 0 Å². The van der Waals surface area contributed by atoms with Crippen molar-refractivity contribution in [2.45, 2.75) is 24.9 Å². The summed E-state index contributed by atoms with van der Waals surface area (Å²) in [4.78, 5) is 29.9. The van der Waals surface area contributed by atoms with Crippen LogP contribution in [0.4, 0.5) is 0 Å². The summed E-state index contributed by atoms with van der Waals surface area (Å²) in [6, 6.07) is -1.05. The minimum absolute atomic E-state index is 0.0425. The molecule has 0 aromatic heterocycles. The first kappa shape index (κ1) is 12.9. The first-order valence-electron chi connectivity index (χ1n) is 7.02. The molecule has 1 aliphatic carbocycles. The van der Waals surface area contributed by atoms with Crippen LogP contribution in [-0.2, 0) is 9.59 Å². The summed E-state index contributed by atoms with van der Waals surface area (Å²) < 4.78 is 0. The molecule has 3 rings (SSSR count). The predicted molar refractivity (Wildman–Crippen MR) is 68.3 cm³/mol. The number of amides is 2. The molecule has 1 saturated carbocycles. The van der Waals surface area contributed by atoms with Crippen molar-refractivity contribution in [1.82, 2.24) is 14.7 Å². The van der Waals surface area contributed by atoms with Crippen molar-refractivity contribution in [2.24, 2.45) is 5.92 Å². The fourth-order valence-corrected chi connectivity index (χ4v) is 3.09. The average molecular weight is 267 g/mol. The first-order chi connectivity index (χ1) is 9.11. The van der Waals surface area contributed by atoms with E-state index in [0.717, 1.165) is 19.0 Å². The second-order valence-corrected chi connectivity index (χ2v) is 5.90. The van der Waals surface area contributed by atoms with Crippen molar-refractivity contribution >= 4 is 11.8 Å². The van der Waals surface area contributed by atoms with E-state index in [1.54, 1.807) is 11.9 Å². The Balaban J connectivity index is 1.72. The van der Waals surface area contributed by atoms with Crippen LogP contribution in [0.5, 0.6) is 0 Å². The molecule has 2 atom stereocenters. The Morgan fingerprint density at radius 1 is 1.21 bits per heavy atom. The van der Waals surface area contributed by atoms with Crippen LogP contribution in [-0.4, -0.2) is 83.5 Å². The monoisotopic (exact) mass is 267 g/mol. The van der Waals surface area contributed by atoms with Crippen LogP contribution in [0.15, 0.2) is 0 Å². The number of fused-ring (bicyclic) bond motifs is 1. The van der Waals surface area contributed by atoms with Crippen molar-refractivity contribution in [3.63, 3.8) is 0 Å². The van der Waals surface area contributed by atoms with Gasteiger partial charge in [-0.2, -0.15) is 0 Å². The molecule has 2 amide bonds. The first-order valence-corrected chi connectivity index (χ1v) is 7.02. The normalized spacial score (nSPS) is 32.7. The van der Waals surface area contributed by atoms with E-state index >= 15 is 0 Å². The Morgan fingerprint density at radius 2 is 1.95 bits per heavy atom. The van der Waals surface area contributed by atoms with Crippen molar-refractivity contribution in [2.75, 3.05) is 39.8 Å². The van der Waals surface area contributed by atoms with Crippen molar-refractivity contribution in [1.29, 1.82) is 0 Å². The molecular formula is C13H21N3O3. The molecule has 0 aromatic carbocycles. The summed E-state index contributed by atoms with van der Waals surface area (Å²) in [6.45, 7) is 2.85. The van der Waals surface area contributed by atoms with Crippen molar-refractivity contribution in [3.05, 3.63) is 0 Å². The minimum Gasteiger partial charge on any atom is -0.394 e. The molecule has 2 aliphatic heterocycles. The number of hydrogen-bond acceptors (Lipinski definition) is 4. The van der Waals surface area contributed by atoms with E-state index in [0.29, 0.717) is 13.1 Å². The van der Waals surface area contributed by atoms with Gasteiger partial charge in [0.05, 0.1) is 6.61 Å². The number of aliphatic hydroxyl groups is 1. The smallest absolute Gasteiger partial charge is 0.248 e. The number of hydrogen-bond donors (Lipinski definition) is 1. The van der Waals surface area contributed by atoms with E-state index in [1.165, 1.54) is 17.7 Å². The summed E-state index contributed by atoms with van der Waals surface area (Å²) in [5, 5.41) is 9.27. The van der Waals surface area contributed by atoms with Gasteiger partial charge in [0.2, 0.25) is 11.8 Å². The largest absolute Gasteiger partial charge is 0.394 e. The number of piperazine rings is 2. The van der Waals surface area contributed by atoms with Crippen LogP contribution in [0.3, 0.4) is 0 Å². The Hall–Kier alpha value is -1.14. The van der Waals surface area contributed by atoms with E-state index in [4.69, 9.17) is 0 Å². The van der Waals surface area contributed by atoms with Crippen LogP contribution in [0.25, 0.3) is 0 Å². The van der Waals surface area contributed by atoms with Gasteiger partial charge in [-0.05, 0) is 18.8 Å². The molecule has 1 N–H and O–H groups in total. The Morgan fingerprint density at radius 3 is 2.58 bits per heavy atom. The van der Waals surface area contributed by atoms with Crippen LogP contribution in [0.1, 0.15) is 12.8 Å². The van der Waals surface area contributed by atoms with E-state index < -0.39 is 6.04 Å². The highest BCUT2D eigenvalue weighted by molar-refractivity contribution is 5.97. The summed E-state index contributed by atoms with van der Waals surface area (Å²) in [7, 11) is 1.61. The van der Waals surface area contributed by atoms with Crippen LogP contribution in [0.2, 0.25) is 0 Å². The third-order valence-electron chi connectivity index (χ3n) is 4.52. The van der Waals surface area contributed by atoms with Gasteiger partial charge >= 0.3 is 0 Å². The molecule has 6 heteroatoms. The number of carbonyl (C=O) groups is 2. The van der Waals surface area contributed by atoms with E-state index in [1.807, 2.05) is 0 Å². The lowest BCUT2D eigenvalue weighted by Crippen LogP contribution is -2.70. The molecule has 0 unspecified atom stereocenters. The maximum Gasteiger partial charge on any atom is 0.248 e. The zero-order valence-electron chi connectivity index (χ0n) is 11.3. The SMILES string of the molecule is CN1C(=O)[C@H]2CN(CC3CC3)CCN2C(=O)[C@@H]1CO. The lowest BCUT2D eigenvalue weighted by atomic mass is 10.0. The van der Waals surface area contributed by atoms with E-state index in [2.05, 4.69) is 4.90 Å². The fraction of sp³-hybridized carbons (Fsp3) is 0.846. The third kappa shape index (κ3) is 2.23. The minimum atomic E-state index is -0.696. The molecule has 3 fully saturated rings. The van der Waals surface area contributed by atoms with Crippen molar-refractivity contribution < 1.29 is 14.7 Å². The maximum atomic E-state index is 12.3. The van der Waals surface area contributed by atoms with Gasteiger partial charge in [-0.3, -0.25) is 14.5 Å². The van der Waals surface area contributed by atoms with Crippen LogP contribution >= 0.6 is 0 Å². The number of likely N-dealkylation sites (N-methyl/N-ethyl adjacent to an activating group) is 1. The fourth-order valence-electron chi connectivity index (χ4n) is 3.09. The van der Waals surface area contributed by atoms with Crippen molar-refractivity contribution in [3.8, 4) is 0 Å². The number of aliphatic hydroxyl groups excluding tert-OH is 1. The molecule has 0 aromatic rings. The summed E-state index contributed by atoms with van der Waals surface area (Å²) in [5.41, 5.74) is 0. The molecule has 0 spiro atoms. The zero-order valence-corrected chi connectivity index (χ0v) is 11.3. The Bertz CT molecular complexity index is 397. The zero-order chi connectivity index (χ0) is 13.6. The molecule has 2 heterocycles. The standard InChI is InChI=1S/C13H21N3O3/c1-14-11(8-17)13(19)16-5-4-15(6-9-2-3-9)7-10(16)12(14)18/h9-11,17H,2-8H2,1H3/t10-,11+/m1/s1. The van der Waals surface area contributed by atoms with Gasteiger partial charge in [-0.15, -0.1) is 0 Å². The van der Waals surface area contributed by atoms with Gasteiger partial charge in [-0.25, -0.2) is 0 Å².